The predicted molar refractivity (Wildman–Crippen MR) is 83.8 cm³/mol. The Labute approximate surface area is 123 Å². The van der Waals surface area contributed by atoms with Gasteiger partial charge in [-0.3, -0.25) is 0 Å². The highest BCUT2D eigenvalue weighted by molar-refractivity contribution is 5.83. The van der Waals surface area contributed by atoms with Crippen molar-refractivity contribution in [3.8, 4) is 11.3 Å². The summed E-state index contributed by atoms with van der Waals surface area (Å²) < 4.78 is 19.9. The van der Waals surface area contributed by atoms with Crippen LogP contribution in [0.2, 0.25) is 0 Å². The highest BCUT2D eigenvalue weighted by atomic mass is 19.1. The average Bonchev–Trinajstić information content (AvgIpc) is 2.89. The Hall–Kier alpha value is -2.13. The summed E-state index contributed by atoms with van der Waals surface area (Å²) in [6.45, 7) is 4.07. The molecule has 3 rings (SSSR count). The molecule has 1 aromatic heterocycles. The van der Waals surface area contributed by atoms with E-state index in [4.69, 9.17) is 4.42 Å². The van der Waals surface area contributed by atoms with Gasteiger partial charge in [0.05, 0.1) is 5.56 Å². The highest BCUT2D eigenvalue weighted by Crippen LogP contribution is 2.31. The molecule has 0 saturated heterocycles. The standard InChI is InChI=1S/C18H18FNO/c1-11-4-7-17-14(8-11)10-18(21-17)15-9-13(12(2)20-3)5-6-16(15)19/h4-10,12,20H,1-3H3. The minimum atomic E-state index is -0.266. The van der Waals surface area contributed by atoms with Gasteiger partial charge in [0.2, 0.25) is 0 Å². The summed E-state index contributed by atoms with van der Waals surface area (Å²) in [7, 11) is 1.89. The first kappa shape index (κ1) is 13.8. The minimum absolute atomic E-state index is 0.163. The Balaban J connectivity index is 2.12. The molecule has 0 fully saturated rings. The van der Waals surface area contributed by atoms with E-state index in [9.17, 15) is 4.39 Å². The number of fused-ring (bicyclic) bond motifs is 1. The topological polar surface area (TPSA) is 25.2 Å². The number of hydrogen-bond donors (Lipinski definition) is 1. The molecule has 1 unspecified atom stereocenters. The van der Waals surface area contributed by atoms with E-state index < -0.39 is 0 Å². The molecule has 3 aromatic rings. The van der Waals surface area contributed by atoms with E-state index in [1.807, 2.05) is 51.2 Å². The van der Waals surface area contributed by atoms with Gasteiger partial charge in [0.25, 0.3) is 0 Å². The second kappa shape index (κ2) is 5.34. The molecular weight excluding hydrogens is 265 g/mol. The average molecular weight is 283 g/mol. The van der Waals surface area contributed by atoms with Crippen molar-refractivity contribution < 1.29 is 8.81 Å². The first-order chi connectivity index (χ1) is 10.1. The number of furan rings is 1. The van der Waals surface area contributed by atoms with Gasteiger partial charge in [-0.15, -0.1) is 0 Å². The Morgan fingerprint density at radius 3 is 2.67 bits per heavy atom. The third-order valence-electron chi connectivity index (χ3n) is 3.86. The normalized spacial score (nSPS) is 12.8. The summed E-state index contributed by atoms with van der Waals surface area (Å²) in [5, 5.41) is 4.16. The van der Waals surface area contributed by atoms with Gasteiger partial charge in [0, 0.05) is 11.4 Å². The lowest BCUT2D eigenvalue weighted by Gasteiger charge is -2.11. The fourth-order valence-electron chi connectivity index (χ4n) is 2.46. The van der Waals surface area contributed by atoms with Crippen LogP contribution in [0.4, 0.5) is 4.39 Å². The van der Waals surface area contributed by atoms with Crippen molar-refractivity contribution >= 4 is 11.0 Å². The quantitative estimate of drug-likeness (QED) is 0.745. The van der Waals surface area contributed by atoms with Crippen molar-refractivity contribution in [2.75, 3.05) is 7.05 Å². The third-order valence-corrected chi connectivity index (χ3v) is 3.86. The van der Waals surface area contributed by atoms with Crippen LogP contribution in [-0.4, -0.2) is 7.05 Å². The van der Waals surface area contributed by atoms with E-state index >= 15 is 0 Å². The third kappa shape index (κ3) is 2.57. The van der Waals surface area contributed by atoms with Crippen LogP contribution in [0.25, 0.3) is 22.3 Å². The number of benzene rings is 2. The fourth-order valence-corrected chi connectivity index (χ4v) is 2.46. The molecule has 0 aliphatic rings. The highest BCUT2D eigenvalue weighted by Gasteiger charge is 2.13. The molecule has 0 aliphatic heterocycles. The molecule has 0 radical (unpaired) electrons. The van der Waals surface area contributed by atoms with Crippen molar-refractivity contribution in [3.63, 3.8) is 0 Å². The zero-order chi connectivity index (χ0) is 15.0. The summed E-state index contributed by atoms with van der Waals surface area (Å²) in [4.78, 5) is 0. The smallest absolute Gasteiger partial charge is 0.138 e. The van der Waals surface area contributed by atoms with Gasteiger partial charge in [-0.2, -0.15) is 0 Å². The maximum atomic E-state index is 14.2. The Morgan fingerprint density at radius 1 is 1.10 bits per heavy atom. The SMILES string of the molecule is CNC(C)c1ccc(F)c(-c2cc3cc(C)ccc3o2)c1. The molecule has 108 valence electrons. The van der Waals surface area contributed by atoms with Crippen LogP contribution in [-0.2, 0) is 0 Å². The summed E-state index contributed by atoms with van der Waals surface area (Å²) in [6, 6.07) is 13.2. The molecule has 1 N–H and O–H groups in total. The molecular formula is C18H18FNO. The molecule has 2 nitrogen and oxygen atoms in total. The van der Waals surface area contributed by atoms with E-state index in [1.165, 1.54) is 6.07 Å². The lowest BCUT2D eigenvalue weighted by molar-refractivity contribution is 0.597. The molecule has 1 heterocycles. The molecule has 3 heteroatoms. The number of halogens is 1. The molecule has 1 atom stereocenters. The molecule has 0 aliphatic carbocycles. The Kier molecular flexibility index (Phi) is 3.52. The van der Waals surface area contributed by atoms with E-state index in [2.05, 4.69) is 5.32 Å². The molecule has 2 aromatic carbocycles. The van der Waals surface area contributed by atoms with Gasteiger partial charge in [-0.1, -0.05) is 17.7 Å². The summed E-state index contributed by atoms with van der Waals surface area (Å²) >= 11 is 0. The summed E-state index contributed by atoms with van der Waals surface area (Å²) in [5.74, 6) is 0.302. The molecule has 0 bridgehead atoms. The van der Waals surface area contributed by atoms with Crippen LogP contribution in [0.3, 0.4) is 0 Å². The molecule has 0 amide bonds. The lowest BCUT2D eigenvalue weighted by Crippen LogP contribution is -2.12. The van der Waals surface area contributed by atoms with Crippen molar-refractivity contribution in [2.24, 2.45) is 0 Å². The molecule has 0 spiro atoms. The lowest BCUT2D eigenvalue weighted by atomic mass is 10.0. The van der Waals surface area contributed by atoms with Crippen LogP contribution < -0.4 is 5.32 Å². The van der Waals surface area contributed by atoms with E-state index in [0.29, 0.717) is 11.3 Å². The van der Waals surface area contributed by atoms with Crippen LogP contribution in [0.15, 0.2) is 46.9 Å². The zero-order valence-electron chi connectivity index (χ0n) is 12.4. The van der Waals surface area contributed by atoms with Crippen LogP contribution in [0.1, 0.15) is 24.1 Å². The first-order valence-electron chi connectivity index (χ1n) is 7.06. The number of aryl methyl sites for hydroxylation is 1. The number of rotatable bonds is 3. The number of hydrogen-bond acceptors (Lipinski definition) is 2. The zero-order valence-corrected chi connectivity index (χ0v) is 12.4. The second-order valence-electron chi connectivity index (χ2n) is 5.40. The Bertz CT molecular complexity index is 791. The van der Waals surface area contributed by atoms with Crippen molar-refractivity contribution in [3.05, 3.63) is 59.4 Å². The van der Waals surface area contributed by atoms with Crippen LogP contribution in [0, 0.1) is 12.7 Å². The maximum absolute atomic E-state index is 14.2. The van der Waals surface area contributed by atoms with Crippen molar-refractivity contribution in [2.45, 2.75) is 19.9 Å². The van der Waals surface area contributed by atoms with Gasteiger partial charge < -0.3 is 9.73 Å². The van der Waals surface area contributed by atoms with Crippen LogP contribution >= 0.6 is 0 Å². The van der Waals surface area contributed by atoms with Gasteiger partial charge in [0.1, 0.15) is 17.2 Å². The van der Waals surface area contributed by atoms with Crippen LogP contribution in [0.5, 0.6) is 0 Å². The van der Waals surface area contributed by atoms with E-state index in [-0.39, 0.29) is 11.9 Å². The summed E-state index contributed by atoms with van der Waals surface area (Å²) in [6.07, 6.45) is 0. The minimum Gasteiger partial charge on any atom is -0.456 e. The predicted octanol–water partition coefficient (Wildman–Crippen LogP) is 4.83. The number of nitrogens with one attached hydrogen (secondary N) is 1. The van der Waals surface area contributed by atoms with E-state index in [1.54, 1.807) is 6.07 Å². The van der Waals surface area contributed by atoms with Crippen molar-refractivity contribution in [1.29, 1.82) is 0 Å². The maximum Gasteiger partial charge on any atom is 0.138 e. The van der Waals surface area contributed by atoms with Gasteiger partial charge in [-0.25, -0.2) is 4.39 Å². The largest absolute Gasteiger partial charge is 0.456 e. The van der Waals surface area contributed by atoms with Gasteiger partial charge in [-0.05, 0) is 56.8 Å². The fraction of sp³-hybridized carbons (Fsp3) is 0.222. The van der Waals surface area contributed by atoms with Gasteiger partial charge >= 0.3 is 0 Å². The molecule has 21 heavy (non-hydrogen) atoms. The Morgan fingerprint density at radius 2 is 1.90 bits per heavy atom. The first-order valence-corrected chi connectivity index (χ1v) is 7.06. The second-order valence-corrected chi connectivity index (χ2v) is 5.40. The van der Waals surface area contributed by atoms with Crippen molar-refractivity contribution in [1.82, 2.24) is 5.32 Å². The van der Waals surface area contributed by atoms with E-state index in [0.717, 1.165) is 22.1 Å². The summed E-state index contributed by atoms with van der Waals surface area (Å²) in [5.41, 5.74) is 3.48. The van der Waals surface area contributed by atoms with Gasteiger partial charge in [0.15, 0.2) is 0 Å². The monoisotopic (exact) mass is 283 g/mol. The molecule has 0 saturated carbocycles.